The summed E-state index contributed by atoms with van der Waals surface area (Å²) in [6.07, 6.45) is 0.596. The van der Waals surface area contributed by atoms with Gasteiger partial charge in [0.2, 0.25) is 0 Å². The summed E-state index contributed by atoms with van der Waals surface area (Å²) < 4.78 is 0. The molecule has 3 nitrogen and oxygen atoms in total. The molecule has 0 aromatic rings. The maximum Gasteiger partial charge on any atom is 0.303 e. The first kappa shape index (κ1) is 6.43. The quantitative estimate of drug-likeness (QED) is 0.550. The molecule has 1 radical (unpaired) electrons. The van der Waals surface area contributed by atoms with Gasteiger partial charge in [-0.15, -0.1) is 0 Å². The molecule has 0 aliphatic rings. The van der Waals surface area contributed by atoms with Crippen molar-refractivity contribution in [1.29, 1.82) is 0 Å². The van der Waals surface area contributed by atoms with Crippen LogP contribution in [0.2, 0.25) is 0 Å². The predicted molar refractivity (Wildman–Crippen MR) is 24.8 cm³/mol. The Labute approximate surface area is 42.1 Å². The summed E-state index contributed by atoms with van der Waals surface area (Å²) in [5.74, 6) is -0.813. The Morgan fingerprint density at radius 2 is 2.29 bits per heavy atom. The summed E-state index contributed by atoms with van der Waals surface area (Å²) in [5.41, 5.74) is 6.53. The first-order valence-electron chi connectivity index (χ1n) is 2.13. The fourth-order valence-electron chi connectivity index (χ4n) is 0.240. The predicted octanol–water partition coefficient (Wildman–Crippen LogP) is 0.134. The molecule has 0 heterocycles. The van der Waals surface area contributed by atoms with Crippen molar-refractivity contribution in [2.24, 2.45) is 0 Å². The number of rotatable bonds is 3. The number of hydrogen-bond donors (Lipinski definition) is 1. The number of nitrogens with one attached hydrogen (secondary N) is 1. The van der Waals surface area contributed by atoms with Gasteiger partial charge in [-0.2, -0.15) is 0 Å². The van der Waals surface area contributed by atoms with Gasteiger partial charge in [0.1, 0.15) is 0 Å². The van der Waals surface area contributed by atoms with E-state index in [-0.39, 0.29) is 13.0 Å². The fourth-order valence-corrected chi connectivity index (χ4v) is 0.240. The van der Waals surface area contributed by atoms with Crippen LogP contribution < -0.4 is 5.73 Å². The summed E-state index contributed by atoms with van der Waals surface area (Å²) in [4.78, 5) is 9.67. The number of carbonyl (C=O) groups is 1. The van der Waals surface area contributed by atoms with E-state index in [1.54, 1.807) is 0 Å². The minimum absolute atomic E-state index is 0.128. The third-order valence-electron chi connectivity index (χ3n) is 0.567. The van der Waals surface area contributed by atoms with E-state index in [0.29, 0.717) is 6.42 Å². The molecule has 0 aliphatic carbocycles. The number of hydrogen-bond acceptors (Lipinski definition) is 1. The Balaban J connectivity index is 2.82. The van der Waals surface area contributed by atoms with Gasteiger partial charge in [-0.05, 0) is 6.42 Å². The van der Waals surface area contributed by atoms with E-state index in [4.69, 9.17) is 10.8 Å². The molecular formula is C4H8NO2. The maximum atomic E-state index is 9.67. The van der Waals surface area contributed by atoms with Crippen molar-refractivity contribution in [3.63, 3.8) is 0 Å². The molecule has 3 heteroatoms. The van der Waals surface area contributed by atoms with Gasteiger partial charge in [-0.1, -0.05) is 0 Å². The van der Waals surface area contributed by atoms with Gasteiger partial charge in [0.25, 0.3) is 0 Å². The van der Waals surface area contributed by atoms with E-state index in [1.165, 1.54) is 0 Å². The van der Waals surface area contributed by atoms with Crippen LogP contribution >= 0.6 is 0 Å². The Morgan fingerprint density at radius 3 is 2.43 bits per heavy atom. The molecule has 7 heavy (non-hydrogen) atoms. The van der Waals surface area contributed by atoms with Crippen molar-refractivity contribution in [2.45, 2.75) is 12.8 Å². The molecule has 0 saturated heterocycles. The zero-order valence-corrected chi connectivity index (χ0v) is 3.98. The third-order valence-corrected chi connectivity index (χ3v) is 0.567. The highest BCUT2D eigenvalue weighted by Crippen LogP contribution is 1.83. The molecule has 0 aliphatic heterocycles. The minimum atomic E-state index is -0.813. The standard InChI is InChI=1S/C4H8NO2/c5-3-1-2-4(6)7/h5H,1-3H2,(H,6,7). The van der Waals surface area contributed by atoms with Crippen molar-refractivity contribution in [2.75, 3.05) is 6.54 Å². The lowest BCUT2D eigenvalue weighted by Gasteiger charge is -1.85. The molecule has 0 unspecified atom stereocenters. The number of carboxylic acid groups (broad SMARTS) is 1. The van der Waals surface area contributed by atoms with Gasteiger partial charge >= 0.3 is 5.97 Å². The summed E-state index contributed by atoms with van der Waals surface area (Å²) in [6, 6.07) is 0. The van der Waals surface area contributed by atoms with Crippen molar-refractivity contribution in [3.8, 4) is 0 Å². The zero-order chi connectivity index (χ0) is 5.70. The molecule has 0 rings (SSSR count). The molecule has 0 saturated carbocycles. The second-order valence-electron chi connectivity index (χ2n) is 1.25. The van der Waals surface area contributed by atoms with Crippen molar-refractivity contribution in [1.82, 2.24) is 5.73 Å². The van der Waals surface area contributed by atoms with Gasteiger partial charge < -0.3 is 5.11 Å². The smallest absolute Gasteiger partial charge is 0.303 e. The van der Waals surface area contributed by atoms with Crippen LogP contribution in [-0.2, 0) is 4.79 Å². The van der Waals surface area contributed by atoms with Crippen LogP contribution in [0.15, 0.2) is 0 Å². The van der Waals surface area contributed by atoms with Crippen LogP contribution in [0.25, 0.3) is 0 Å². The highest BCUT2D eigenvalue weighted by Gasteiger charge is 1.91. The maximum absolute atomic E-state index is 9.67. The lowest BCUT2D eigenvalue weighted by atomic mass is 10.3. The van der Waals surface area contributed by atoms with Gasteiger partial charge in [-0.3, -0.25) is 10.5 Å². The first-order valence-corrected chi connectivity index (χ1v) is 2.13. The van der Waals surface area contributed by atoms with E-state index >= 15 is 0 Å². The monoisotopic (exact) mass is 102 g/mol. The average Bonchev–Trinajstić information content (AvgIpc) is 1.61. The van der Waals surface area contributed by atoms with Crippen LogP contribution in [0.1, 0.15) is 12.8 Å². The summed E-state index contributed by atoms with van der Waals surface area (Å²) in [7, 11) is 0. The van der Waals surface area contributed by atoms with E-state index in [1.807, 2.05) is 0 Å². The zero-order valence-electron chi connectivity index (χ0n) is 3.98. The van der Waals surface area contributed by atoms with Gasteiger partial charge in [-0.25, -0.2) is 0 Å². The Bertz CT molecular complexity index is 62.7. The molecular weight excluding hydrogens is 94.0 g/mol. The first-order chi connectivity index (χ1) is 3.27. The van der Waals surface area contributed by atoms with Crippen LogP contribution in [0, 0.1) is 0 Å². The lowest BCUT2D eigenvalue weighted by molar-refractivity contribution is -0.137. The fraction of sp³-hybridized carbons (Fsp3) is 0.750. The van der Waals surface area contributed by atoms with Crippen LogP contribution in [0.5, 0.6) is 0 Å². The highest BCUT2D eigenvalue weighted by molar-refractivity contribution is 5.66. The number of aliphatic carboxylic acids is 1. The SMILES string of the molecule is [NH]CCCC(=O)O. The molecule has 0 spiro atoms. The Morgan fingerprint density at radius 1 is 1.71 bits per heavy atom. The average molecular weight is 102 g/mol. The molecule has 0 aromatic carbocycles. The van der Waals surface area contributed by atoms with Gasteiger partial charge in [0.15, 0.2) is 0 Å². The molecule has 0 bridgehead atoms. The molecule has 0 aromatic heterocycles. The topological polar surface area (TPSA) is 61.1 Å². The van der Waals surface area contributed by atoms with Crippen molar-refractivity contribution >= 4 is 5.97 Å². The Hall–Kier alpha value is -0.570. The normalized spacial score (nSPS) is 8.71. The van der Waals surface area contributed by atoms with E-state index in [0.717, 1.165) is 0 Å². The second-order valence-corrected chi connectivity index (χ2v) is 1.25. The summed E-state index contributed by atoms with van der Waals surface area (Å²) in [5, 5.41) is 7.96. The largest absolute Gasteiger partial charge is 0.481 e. The highest BCUT2D eigenvalue weighted by atomic mass is 16.4. The molecule has 41 valence electrons. The minimum Gasteiger partial charge on any atom is -0.481 e. The van der Waals surface area contributed by atoms with Crippen LogP contribution in [0.4, 0.5) is 0 Å². The molecule has 0 amide bonds. The molecule has 0 fully saturated rings. The van der Waals surface area contributed by atoms with Gasteiger partial charge in [0, 0.05) is 13.0 Å². The van der Waals surface area contributed by atoms with E-state index in [9.17, 15) is 4.79 Å². The second kappa shape index (κ2) is 3.61. The lowest BCUT2D eigenvalue weighted by Crippen LogP contribution is -1.96. The Kier molecular flexibility index (Phi) is 3.32. The summed E-state index contributed by atoms with van der Waals surface area (Å²) >= 11 is 0. The van der Waals surface area contributed by atoms with Crippen LogP contribution in [-0.4, -0.2) is 17.6 Å². The van der Waals surface area contributed by atoms with Gasteiger partial charge in [0.05, 0.1) is 0 Å². The van der Waals surface area contributed by atoms with E-state index < -0.39 is 5.97 Å². The van der Waals surface area contributed by atoms with E-state index in [2.05, 4.69) is 0 Å². The van der Waals surface area contributed by atoms with Crippen molar-refractivity contribution in [3.05, 3.63) is 0 Å². The van der Waals surface area contributed by atoms with Crippen molar-refractivity contribution < 1.29 is 9.90 Å². The third kappa shape index (κ3) is 5.43. The molecule has 2 N–H and O–H groups in total. The molecule has 0 atom stereocenters. The summed E-state index contributed by atoms with van der Waals surface area (Å²) in [6.45, 7) is 0.215. The number of carboxylic acids is 1. The van der Waals surface area contributed by atoms with Crippen LogP contribution in [0.3, 0.4) is 0 Å².